The van der Waals surface area contributed by atoms with E-state index in [2.05, 4.69) is 4.90 Å². The van der Waals surface area contributed by atoms with Crippen LogP contribution >= 0.6 is 0 Å². The highest BCUT2D eigenvalue weighted by Gasteiger charge is 2.20. The molecule has 1 aromatic carbocycles. The van der Waals surface area contributed by atoms with Crippen LogP contribution in [0.3, 0.4) is 0 Å². The molecule has 20 heavy (non-hydrogen) atoms. The van der Waals surface area contributed by atoms with Crippen LogP contribution in [0.15, 0.2) is 24.3 Å². The number of carbonyl (C=O) groups is 1. The lowest BCUT2D eigenvalue weighted by Gasteiger charge is -2.34. The molecule has 0 aromatic heterocycles. The first-order chi connectivity index (χ1) is 9.70. The minimum atomic E-state index is -0.393. The van der Waals surface area contributed by atoms with Crippen molar-refractivity contribution in [1.82, 2.24) is 4.90 Å². The van der Waals surface area contributed by atoms with Crippen LogP contribution in [0.5, 0.6) is 0 Å². The quantitative estimate of drug-likeness (QED) is 0.834. The smallest absolute Gasteiger partial charge is 0.248 e. The summed E-state index contributed by atoms with van der Waals surface area (Å²) in [4.78, 5) is 13.4. The summed E-state index contributed by atoms with van der Waals surface area (Å²) in [6.45, 7) is 1.72. The Hall–Kier alpha value is -1.39. The van der Waals surface area contributed by atoms with E-state index in [-0.39, 0.29) is 6.61 Å². The van der Waals surface area contributed by atoms with Crippen molar-refractivity contribution in [3.05, 3.63) is 35.4 Å². The maximum absolute atomic E-state index is 11.1. The van der Waals surface area contributed by atoms with Gasteiger partial charge in [-0.15, -0.1) is 0 Å². The zero-order chi connectivity index (χ0) is 14.4. The highest BCUT2D eigenvalue weighted by molar-refractivity contribution is 5.92. The molecule has 1 fully saturated rings. The Morgan fingerprint density at radius 3 is 2.40 bits per heavy atom. The fourth-order valence-corrected chi connectivity index (χ4v) is 2.97. The third-order valence-electron chi connectivity index (χ3n) is 4.10. The van der Waals surface area contributed by atoms with Crippen molar-refractivity contribution in [2.75, 3.05) is 13.2 Å². The molecule has 1 amide bonds. The average molecular weight is 276 g/mol. The first-order valence-electron chi connectivity index (χ1n) is 7.44. The topological polar surface area (TPSA) is 66.6 Å². The maximum Gasteiger partial charge on any atom is 0.248 e. The SMILES string of the molecule is NC(=O)c1ccc(CN(CCO)C2CCCCC2)cc1. The molecule has 4 heteroatoms. The number of primary amides is 1. The molecule has 0 radical (unpaired) electrons. The van der Waals surface area contributed by atoms with Gasteiger partial charge < -0.3 is 10.8 Å². The predicted octanol–water partition coefficient (Wildman–Crippen LogP) is 1.91. The Kier molecular flexibility index (Phi) is 5.56. The van der Waals surface area contributed by atoms with Gasteiger partial charge in [0.2, 0.25) is 5.91 Å². The summed E-state index contributed by atoms with van der Waals surface area (Å²) >= 11 is 0. The largest absolute Gasteiger partial charge is 0.395 e. The van der Waals surface area contributed by atoms with Crippen LogP contribution in [0, 0.1) is 0 Å². The number of amides is 1. The summed E-state index contributed by atoms with van der Waals surface area (Å²) < 4.78 is 0. The summed E-state index contributed by atoms with van der Waals surface area (Å²) in [5, 5.41) is 9.26. The number of benzene rings is 1. The number of carbonyl (C=O) groups excluding carboxylic acids is 1. The molecule has 0 atom stereocenters. The number of hydrogen-bond acceptors (Lipinski definition) is 3. The predicted molar refractivity (Wildman–Crippen MR) is 79.3 cm³/mol. The van der Waals surface area contributed by atoms with Crippen LogP contribution in [0.4, 0.5) is 0 Å². The van der Waals surface area contributed by atoms with Gasteiger partial charge in [0.15, 0.2) is 0 Å². The third kappa shape index (κ3) is 4.05. The Bertz CT molecular complexity index is 425. The first-order valence-corrected chi connectivity index (χ1v) is 7.44. The van der Waals surface area contributed by atoms with Crippen molar-refractivity contribution >= 4 is 5.91 Å². The Labute approximate surface area is 120 Å². The van der Waals surface area contributed by atoms with Gasteiger partial charge in [-0.1, -0.05) is 31.4 Å². The molecular weight excluding hydrogens is 252 g/mol. The molecule has 1 aromatic rings. The molecule has 2 rings (SSSR count). The van der Waals surface area contributed by atoms with Crippen LogP contribution in [0.2, 0.25) is 0 Å². The lowest BCUT2D eigenvalue weighted by molar-refractivity contribution is 0.1000. The molecule has 0 saturated heterocycles. The standard InChI is InChI=1S/C16H24N2O2/c17-16(20)14-8-6-13(7-9-14)12-18(10-11-19)15-4-2-1-3-5-15/h6-9,15,19H,1-5,10-12H2,(H2,17,20). The van der Waals surface area contributed by atoms with Gasteiger partial charge in [-0.05, 0) is 30.5 Å². The summed E-state index contributed by atoms with van der Waals surface area (Å²) in [5.41, 5.74) is 6.95. The van der Waals surface area contributed by atoms with Crippen molar-refractivity contribution in [3.8, 4) is 0 Å². The minimum absolute atomic E-state index is 0.190. The van der Waals surface area contributed by atoms with Crippen LogP contribution < -0.4 is 5.73 Å². The van der Waals surface area contributed by atoms with E-state index in [9.17, 15) is 9.90 Å². The molecular formula is C16H24N2O2. The van der Waals surface area contributed by atoms with Crippen LogP contribution in [0.1, 0.15) is 48.0 Å². The first kappa shape index (κ1) is 15.0. The van der Waals surface area contributed by atoms with Gasteiger partial charge in [-0.2, -0.15) is 0 Å². The molecule has 1 aliphatic carbocycles. The molecule has 4 nitrogen and oxygen atoms in total. The molecule has 1 aliphatic rings. The maximum atomic E-state index is 11.1. The van der Waals surface area contributed by atoms with Gasteiger partial charge in [-0.25, -0.2) is 0 Å². The Balaban J connectivity index is 2.01. The van der Waals surface area contributed by atoms with Crippen molar-refractivity contribution in [2.24, 2.45) is 5.73 Å². The monoisotopic (exact) mass is 276 g/mol. The van der Waals surface area contributed by atoms with Gasteiger partial charge in [0, 0.05) is 24.7 Å². The van der Waals surface area contributed by atoms with Crippen molar-refractivity contribution in [2.45, 2.75) is 44.7 Å². The molecule has 0 heterocycles. The number of aliphatic hydroxyl groups is 1. The second-order valence-electron chi connectivity index (χ2n) is 5.55. The summed E-state index contributed by atoms with van der Waals surface area (Å²) in [7, 11) is 0. The van der Waals surface area contributed by atoms with Crippen molar-refractivity contribution in [3.63, 3.8) is 0 Å². The number of aliphatic hydroxyl groups excluding tert-OH is 1. The van der Waals surface area contributed by atoms with E-state index >= 15 is 0 Å². The van der Waals surface area contributed by atoms with Crippen LogP contribution in [-0.4, -0.2) is 35.1 Å². The second-order valence-corrected chi connectivity index (χ2v) is 5.55. The van der Waals surface area contributed by atoms with E-state index in [1.165, 1.54) is 32.1 Å². The third-order valence-corrected chi connectivity index (χ3v) is 4.10. The molecule has 0 spiro atoms. The van der Waals surface area contributed by atoms with E-state index in [4.69, 9.17) is 5.73 Å². The van der Waals surface area contributed by atoms with E-state index in [1.54, 1.807) is 12.1 Å². The molecule has 3 N–H and O–H groups in total. The minimum Gasteiger partial charge on any atom is -0.395 e. The second kappa shape index (κ2) is 7.41. The summed E-state index contributed by atoms with van der Waals surface area (Å²) in [6, 6.07) is 8.03. The van der Waals surface area contributed by atoms with Gasteiger partial charge in [0.1, 0.15) is 0 Å². The molecule has 0 aliphatic heterocycles. The highest BCUT2D eigenvalue weighted by Crippen LogP contribution is 2.23. The van der Waals surface area contributed by atoms with E-state index in [1.807, 2.05) is 12.1 Å². The molecule has 110 valence electrons. The fourth-order valence-electron chi connectivity index (χ4n) is 2.97. The average Bonchev–Trinajstić information content (AvgIpc) is 2.48. The van der Waals surface area contributed by atoms with Crippen molar-refractivity contribution in [1.29, 1.82) is 0 Å². The summed E-state index contributed by atoms with van der Waals surface area (Å²) in [5.74, 6) is -0.393. The fraction of sp³-hybridized carbons (Fsp3) is 0.562. The normalized spacial score (nSPS) is 16.5. The Morgan fingerprint density at radius 2 is 1.85 bits per heavy atom. The summed E-state index contributed by atoms with van der Waals surface area (Å²) in [6.07, 6.45) is 6.34. The van der Waals surface area contributed by atoms with Gasteiger partial charge in [0.25, 0.3) is 0 Å². The lowest BCUT2D eigenvalue weighted by Crippen LogP contribution is -2.38. The number of nitrogens with zero attached hydrogens (tertiary/aromatic N) is 1. The highest BCUT2D eigenvalue weighted by atomic mass is 16.3. The zero-order valence-electron chi connectivity index (χ0n) is 11.9. The number of hydrogen-bond donors (Lipinski definition) is 2. The van der Waals surface area contributed by atoms with Gasteiger partial charge >= 0.3 is 0 Å². The van der Waals surface area contributed by atoms with Gasteiger partial charge in [-0.3, -0.25) is 9.69 Å². The number of nitrogens with two attached hydrogens (primary N) is 1. The Morgan fingerprint density at radius 1 is 1.20 bits per heavy atom. The van der Waals surface area contributed by atoms with Crippen molar-refractivity contribution < 1.29 is 9.90 Å². The van der Waals surface area contributed by atoms with Crippen LogP contribution in [-0.2, 0) is 6.54 Å². The van der Waals surface area contributed by atoms with E-state index < -0.39 is 5.91 Å². The van der Waals surface area contributed by atoms with Crippen LogP contribution in [0.25, 0.3) is 0 Å². The molecule has 1 saturated carbocycles. The molecule has 0 unspecified atom stereocenters. The zero-order valence-corrected chi connectivity index (χ0v) is 11.9. The van der Waals surface area contributed by atoms with E-state index in [0.29, 0.717) is 18.2 Å². The van der Waals surface area contributed by atoms with E-state index in [0.717, 1.165) is 12.1 Å². The van der Waals surface area contributed by atoms with Gasteiger partial charge in [0.05, 0.1) is 6.61 Å². The molecule has 0 bridgehead atoms. The number of rotatable bonds is 6. The lowest BCUT2D eigenvalue weighted by atomic mass is 9.94.